The lowest BCUT2D eigenvalue weighted by Gasteiger charge is -2.29. The maximum absolute atomic E-state index is 9.51. The molecule has 13 heavy (non-hydrogen) atoms. The van der Waals surface area contributed by atoms with Crippen LogP contribution in [0.3, 0.4) is 0 Å². The van der Waals surface area contributed by atoms with Crippen LogP contribution in [0.4, 0.5) is 0 Å². The van der Waals surface area contributed by atoms with Crippen LogP contribution in [0.15, 0.2) is 0 Å². The first-order valence-electron chi connectivity index (χ1n) is 5.36. The zero-order valence-corrected chi connectivity index (χ0v) is 8.85. The first-order valence-corrected chi connectivity index (χ1v) is 6.52. The molecule has 3 atom stereocenters. The number of rotatable bonds is 2. The summed E-state index contributed by atoms with van der Waals surface area (Å²) in [5.74, 6) is 2.58. The molecule has 2 aliphatic rings. The predicted molar refractivity (Wildman–Crippen MR) is 57.1 cm³/mol. The van der Waals surface area contributed by atoms with E-state index in [-0.39, 0.29) is 6.10 Å². The fraction of sp³-hybridized carbons (Fsp3) is 1.00. The van der Waals surface area contributed by atoms with Crippen molar-refractivity contribution in [3.05, 3.63) is 0 Å². The molecule has 3 unspecified atom stereocenters. The van der Waals surface area contributed by atoms with Crippen molar-refractivity contribution in [2.45, 2.75) is 50.3 Å². The Morgan fingerprint density at radius 1 is 1.15 bits per heavy atom. The highest BCUT2D eigenvalue weighted by molar-refractivity contribution is 7.99. The minimum Gasteiger partial charge on any atom is -0.393 e. The Kier molecular flexibility index (Phi) is 3.52. The molecule has 0 radical (unpaired) electrons. The van der Waals surface area contributed by atoms with Crippen LogP contribution in [0.2, 0.25) is 0 Å². The monoisotopic (exact) mass is 201 g/mol. The van der Waals surface area contributed by atoms with Gasteiger partial charge in [0.15, 0.2) is 0 Å². The molecule has 0 spiro atoms. The highest BCUT2D eigenvalue weighted by Crippen LogP contribution is 2.22. The molecule has 1 aliphatic carbocycles. The third kappa shape index (κ3) is 2.86. The Morgan fingerprint density at radius 3 is 2.77 bits per heavy atom. The average molecular weight is 201 g/mol. The van der Waals surface area contributed by atoms with Crippen LogP contribution in [-0.2, 0) is 0 Å². The van der Waals surface area contributed by atoms with Crippen LogP contribution in [0.1, 0.15) is 32.1 Å². The minimum atomic E-state index is -0.0414. The van der Waals surface area contributed by atoms with Crippen molar-refractivity contribution in [1.82, 2.24) is 5.32 Å². The topological polar surface area (TPSA) is 32.3 Å². The van der Waals surface area contributed by atoms with Crippen molar-refractivity contribution in [2.75, 3.05) is 11.5 Å². The van der Waals surface area contributed by atoms with Gasteiger partial charge >= 0.3 is 0 Å². The molecule has 1 heterocycles. The molecular weight excluding hydrogens is 182 g/mol. The van der Waals surface area contributed by atoms with Gasteiger partial charge in [-0.2, -0.15) is 11.8 Å². The molecule has 0 aromatic rings. The molecule has 2 N–H and O–H groups in total. The first-order chi connectivity index (χ1) is 6.34. The van der Waals surface area contributed by atoms with E-state index in [2.05, 4.69) is 5.32 Å². The standard InChI is InChI=1S/C10H19NOS/c12-10-3-1-2-8(6-10)11-9-4-5-13-7-9/h8-12H,1-7H2. The molecule has 0 aromatic carbocycles. The van der Waals surface area contributed by atoms with Gasteiger partial charge in [-0.15, -0.1) is 0 Å². The maximum Gasteiger partial charge on any atom is 0.0555 e. The van der Waals surface area contributed by atoms with Gasteiger partial charge in [0.1, 0.15) is 0 Å². The van der Waals surface area contributed by atoms with E-state index in [1.165, 1.54) is 30.8 Å². The number of hydrogen-bond acceptors (Lipinski definition) is 3. The van der Waals surface area contributed by atoms with E-state index in [9.17, 15) is 5.11 Å². The van der Waals surface area contributed by atoms with Crippen LogP contribution < -0.4 is 5.32 Å². The summed E-state index contributed by atoms with van der Waals surface area (Å²) >= 11 is 2.05. The van der Waals surface area contributed by atoms with Crippen LogP contribution in [0, 0.1) is 0 Å². The smallest absolute Gasteiger partial charge is 0.0555 e. The fourth-order valence-electron chi connectivity index (χ4n) is 2.31. The summed E-state index contributed by atoms with van der Waals surface area (Å²) in [6.07, 6.45) is 5.72. The Hall–Kier alpha value is 0.270. The highest BCUT2D eigenvalue weighted by Gasteiger charge is 2.24. The van der Waals surface area contributed by atoms with Gasteiger partial charge in [-0.3, -0.25) is 0 Å². The van der Waals surface area contributed by atoms with E-state index in [0.717, 1.165) is 18.9 Å². The summed E-state index contributed by atoms with van der Waals surface area (Å²) in [6.45, 7) is 0. The zero-order valence-electron chi connectivity index (χ0n) is 8.04. The Morgan fingerprint density at radius 2 is 2.08 bits per heavy atom. The third-order valence-electron chi connectivity index (χ3n) is 3.05. The molecule has 1 saturated carbocycles. The number of aliphatic hydroxyl groups is 1. The second kappa shape index (κ2) is 4.67. The van der Waals surface area contributed by atoms with E-state index in [1.807, 2.05) is 11.8 Å². The molecular formula is C10H19NOS. The lowest BCUT2D eigenvalue weighted by molar-refractivity contribution is 0.109. The fourth-order valence-corrected chi connectivity index (χ4v) is 3.48. The van der Waals surface area contributed by atoms with Gasteiger partial charge in [-0.1, -0.05) is 0 Å². The quantitative estimate of drug-likeness (QED) is 0.708. The van der Waals surface area contributed by atoms with Crippen molar-refractivity contribution in [3.8, 4) is 0 Å². The van der Waals surface area contributed by atoms with Gasteiger partial charge in [0.25, 0.3) is 0 Å². The van der Waals surface area contributed by atoms with E-state index in [0.29, 0.717) is 6.04 Å². The first kappa shape index (κ1) is 9.81. The van der Waals surface area contributed by atoms with E-state index in [1.54, 1.807) is 0 Å². The largest absolute Gasteiger partial charge is 0.393 e. The second-order valence-corrected chi connectivity index (χ2v) is 5.39. The number of aliphatic hydroxyl groups excluding tert-OH is 1. The zero-order chi connectivity index (χ0) is 9.10. The molecule has 2 rings (SSSR count). The summed E-state index contributed by atoms with van der Waals surface area (Å²) in [5, 5.41) is 13.2. The van der Waals surface area contributed by atoms with E-state index < -0.39 is 0 Å². The molecule has 0 aromatic heterocycles. The third-order valence-corrected chi connectivity index (χ3v) is 4.21. The summed E-state index contributed by atoms with van der Waals surface area (Å²) in [5.41, 5.74) is 0. The van der Waals surface area contributed by atoms with E-state index >= 15 is 0 Å². The van der Waals surface area contributed by atoms with Gasteiger partial charge in [0, 0.05) is 17.8 Å². The average Bonchev–Trinajstić information content (AvgIpc) is 2.57. The van der Waals surface area contributed by atoms with Gasteiger partial charge in [-0.25, -0.2) is 0 Å². The normalized spacial score (nSPS) is 40.8. The van der Waals surface area contributed by atoms with Crippen LogP contribution in [0.5, 0.6) is 0 Å². The van der Waals surface area contributed by atoms with Crippen molar-refractivity contribution in [2.24, 2.45) is 0 Å². The molecule has 3 heteroatoms. The lowest BCUT2D eigenvalue weighted by Crippen LogP contribution is -2.42. The molecule has 0 bridgehead atoms. The van der Waals surface area contributed by atoms with Crippen molar-refractivity contribution in [1.29, 1.82) is 0 Å². The molecule has 0 amide bonds. The lowest BCUT2D eigenvalue weighted by atomic mass is 9.92. The molecule has 2 fully saturated rings. The van der Waals surface area contributed by atoms with Crippen LogP contribution in [0.25, 0.3) is 0 Å². The van der Waals surface area contributed by atoms with Crippen LogP contribution >= 0.6 is 11.8 Å². The molecule has 1 aliphatic heterocycles. The second-order valence-electron chi connectivity index (χ2n) is 4.24. The van der Waals surface area contributed by atoms with Gasteiger partial charge in [-0.05, 0) is 37.9 Å². The Balaban J connectivity index is 1.73. The summed E-state index contributed by atoms with van der Waals surface area (Å²) in [6, 6.07) is 1.31. The van der Waals surface area contributed by atoms with Gasteiger partial charge in [0.2, 0.25) is 0 Å². The summed E-state index contributed by atoms with van der Waals surface area (Å²) in [7, 11) is 0. The Labute approximate surface area is 84.5 Å². The predicted octanol–water partition coefficient (Wildman–Crippen LogP) is 1.39. The molecule has 1 saturated heterocycles. The van der Waals surface area contributed by atoms with E-state index in [4.69, 9.17) is 0 Å². The minimum absolute atomic E-state index is 0.0414. The van der Waals surface area contributed by atoms with Crippen molar-refractivity contribution < 1.29 is 5.11 Å². The van der Waals surface area contributed by atoms with Crippen LogP contribution in [-0.4, -0.2) is 34.8 Å². The maximum atomic E-state index is 9.51. The van der Waals surface area contributed by atoms with Gasteiger partial charge < -0.3 is 10.4 Å². The number of hydrogen-bond donors (Lipinski definition) is 2. The summed E-state index contributed by atoms with van der Waals surface area (Å²) < 4.78 is 0. The number of thioether (sulfide) groups is 1. The highest BCUT2D eigenvalue weighted by atomic mass is 32.2. The molecule has 2 nitrogen and oxygen atoms in total. The van der Waals surface area contributed by atoms with Gasteiger partial charge in [0.05, 0.1) is 6.10 Å². The SMILES string of the molecule is OC1CCCC(NC2CCSC2)C1. The summed E-state index contributed by atoms with van der Waals surface area (Å²) in [4.78, 5) is 0. The molecule has 76 valence electrons. The Bertz CT molecular complexity index is 159. The van der Waals surface area contributed by atoms with Crippen molar-refractivity contribution in [3.63, 3.8) is 0 Å². The number of nitrogens with one attached hydrogen (secondary N) is 1. The van der Waals surface area contributed by atoms with Crippen molar-refractivity contribution >= 4 is 11.8 Å².